The summed E-state index contributed by atoms with van der Waals surface area (Å²) in [5, 5.41) is 0. The van der Waals surface area contributed by atoms with Crippen LogP contribution in [-0.4, -0.2) is 0 Å². The van der Waals surface area contributed by atoms with Crippen molar-refractivity contribution in [2.24, 2.45) is 23.7 Å². The van der Waals surface area contributed by atoms with Gasteiger partial charge in [-0.2, -0.15) is 0 Å². The minimum atomic E-state index is 0.856. The molecule has 2 fully saturated rings. The van der Waals surface area contributed by atoms with Crippen molar-refractivity contribution in [3.63, 3.8) is 0 Å². The monoisotopic (exact) mass is 436 g/mol. The second kappa shape index (κ2) is 12.6. The van der Waals surface area contributed by atoms with E-state index in [2.05, 4.69) is 32.0 Å². The van der Waals surface area contributed by atoms with Gasteiger partial charge in [0.2, 0.25) is 0 Å². The SMILES string of the molecule is CCCCCCCC1CCC2CC(c3ccc4c(c3)CCC(CCCCC)C4)CCC2C1. The summed E-state index contributed by atoms with van der Waals surface area (Å²) >= 11 is 0. The van der Waals surface area contributed by atoms with Gasteiger partial charge in [-0.15, -0.1) is 0 Å². The van der Waals surface area contributed by atoms with Crippen molar-refractivity contribution in [2.45, 2.75) is 142 Å². The summed E-state index contributed by atoms with van der Waals surface area (Å²) in [6.45, 7) is 4.65. The number of rotatable bonds is 11. The number of aryl methyl sites for hydroxylation is 1. The molecule has 5 unspecified atom stereocenters. The van der Waals surface area contributed by atoms with E-state index < -0.39 is 0 Å². The molecule has 180 valence electrons. The maximum absolute atomic E-state index is 2.66. The molecule has 0 heterocycles. The van der Waals surface area contributed by atoms with E-state index >= 15 is 0 Å². The predicted octanol–water partition coefficient (Wildman–Crippen LogP) is 10.0. The third kappa shape index (κ3) is 6.64. The number of unbranched alkanes of at least 4 members (excludes halogenated alkanes) is 6. The van der Waals surface area contributed by atoms with Gasteiger partial charge in [0.1, 0.15) is 0 Å². The lowest BCUT2D eigenvalue weighted by Crippen LogP contribution is -2.30. The second-order valence-corrected chi connectivity index (χ2v) is 12.0. The zero-order valence-electron chi connectivity index (χ0n) is 21.6. The third-order valence-corrected chi connectivity index (χ3v) is 9.69. The number of benzene rings is 1. The fraction of sp³-hybridized carbons (Fsp3) is 0.812. The Bertz CT molecular complexity index is 673. The Kier molecular flexibility index (Phi) is 9.60. The van der Waals surface area contributed by atoms with Crippen LogP contribution in [0, 0.1) is 23.7 Å². The van der Waals surface area contributed by atoms with Crippen LogP contribution in [0.15, 0.2) is 18.2 Å². The molecule has 3 aliphatic carbocycles. The van der Waals surface area contributed by atoms with E-state index in [1.165, 1.54) is 116 Å². The first-order chi connectivity index (χ1) is 15.8. The first-order valence-electron chi connectivity index (χ1n) is 14.9. The third-order valence-electron chi connectivity index (χ3n) is 9.69. The summed E-state index contributed by atoms with van der Waals surface area (Å²) < 4.78 is 0. The van der Waals surface area contributed by atoms with Gasteiger partial charge in [-0.05, 0) is 97.6 Å². The molecule has 0 radical (unpaired) electrons. The van der Waals surface area contributed by atoms with Crippen LogP contribution >= 0.6 is 0 Å². The fourth-order valence-corrected chi connectivity index (χ4v) is 7.62. The van der Waals surface area contributed by atoms with E-state index in [4.69, 9.17) is 0 Å². The highest BCUT2D eigenvalue weighted by Gasteiger charge is 2.36. The van der Waals surface area contributed by atoms with E-state index in [1.807, 2.05) is 0 Å². The maximum atomic E-state index is 2.66. The van der Waals surface area contributed by atoms with E-state index in [-0.39, 0.29) is 0 Å². The highest BCUT2D eigenvalue weighted by atomic mass is 14.4. The van der Waals surface area contributed by atoms with E-state index in [1.54, 1.807) is 23.1 Å². The summed E-state index contributed by atoms with van der Waals surface area (Å²) in [6.07, 6.45) is 27.7. The van der Waals surface area contributed by atoms with Crippen LogP contribution in [-0.2, 0) is 12.8 Å². The van der Waals surface area contributed by atoms with Crippen LogP contribution in [0.1, 0.15) is 146 Å². The van der Waals surface area contributed by atoms with Gasteiger partial charge in [0, 0.05) is 0 Å². The van der Waals surface area contributed by atoms with Crippen molar-refractivity contribution in [1.29, 1.82) is 0 Å². The first kappa shape index (κ1) is 24.3. The predicted molar refractivity (Wildman–Crippen MR) is 140 cm³/mol. The number of fused-ring (bicyclic) bond motifs is 2. The van der Waals surface area contributed by atoms with Crippen LogP contribution in [0.3, 0.4) is 0 Å². The molecule has 0 spiro atoms. The topological polar surface area (TPSA) is 0 Å². The summed E-state index contributed by atoms with van der Waals surface area (Å²) in [6, 6.07) is 7.74. The number of hydrogen-bond acceptors (Lipinski definition) is 0. The quantitative estimate of drug-likeness (QED) is 0.303. The molecule has 4 rings (SSSR count). The van der Waals surface area contributed by atoms with Gasteiger partial charge in [0.15, 0.2) is 0 Å². The highest BCUT2D eigenvalue weighted by Crippen LogP contribution is 2.48. The van der Waals surface area contributed by atoms with E-state index in [0.29, 0.717) is 0 Å². The summed E-state index contributed by atoms with van der Waals surface area (Å²) in [7, 11) is 0. The minimum absolute atomic E-state index is 0.856. The molecule has 3 aliphatic rings. The smallest absolute Gasteiger partial charge is 0.0159 e. The molecule has 0 heteroatoms. The summed E-state index contributed by atoms with van der Waals surface area (Å²) in [5.74, 6) is 4.96. The molecule has 0 amide bonds. The maximum Gasteiger partial charge on any atom is -0.0159 e. The van der Waals surface area contributed by atoms with E-state index in [9.17, 15) is 0 Å². The minimum Gasteiger partial charge on any atom is -0.0654 e. The molecular formula is C32H52. The lowest BCUT2D eigenvalue weighted by atomic mass is 9.63. The molecule has 0 bridgehead atoms. The molecule has 5 atom stereocenters. The Hall–Kier alpha value is -0.780. The normalized spacial score (nSPS) is 30.0. The van der Waals surface area contributed by atoms with Gasteiger partial charge in [-0.25, -0.2) is 0 Å². The van der Waals surface area contributed by atoms with Crippen LogP contribution in [0.2, 0.25) is 0 Å². The highest BCUT2D eigenvalue weighted by molar-refractivity contribution is 5.36. The van der Waals surface area contributed by atoms with Crippen LogP contribution in [0.4, 0.5) is 0 Å². The van der Waals surface area contributed by atoms with Gasteiger partial charge in [0.25, 0.3) is 0 Å². The van der Waals surface area contributed by atoms with Crippen molar-refractivity contribution in [2.75, 3.05) is 0 Å². The van der Waals surface area contributed by atoms with E-state index in [0.717, 1.165) is 29.6 Å². The average molecular weight is 437 g/mol. The number of hydrogen-bond donors (Lipinski definition) is 0. The van der Waals surface area contributed by atoms with Gasteiger partial charge < -0.3 is 0 Å². The van der Waals surface area contributed by atoms with Crippen LogP contribution in [0.25, 0.3) is 0 Å². The Balaban J connectivity index is 1.24. The zero-order valence-corrected chi connectivity index (χ0v) is 21.6. The molecule has 0 saturated heterocycles. The second-order valence-electron chi connectivity index (χ2n) is 12.0. The van der Waals surface area contributed by atoms with Crippen molar-refractivity contribution in [3.05, 3.63) is 34.9 Å². The molecular weight excluding hydrogens is 384 g/mol. The zero-order chi connectivity index (χ0) is 22.2. The molecule has 0 aliphatic heterocycles. The summed E-state index contributed by atoms with van der Waals surface area (Å²) in [4.78, 5) is 0. The van der Waals surface area contributed by atoms with Crippen molar-refractivity contribution in [1.82, 2.24) is 0 Å². The van der Waals surface area contributed by atoms with Gasteiger partial charge in [-0.1, -0.05) is 103 Å². The van der Waals surface area contributed by atoms with Crippen LogP contribution in [0.5, 0.6) is 0 Å². The van der Waals surface area contributed by atoms with Gasteiger partial charge >= 0.3 is 0 Å². The van der Waals surface area contributed by atoms with Crippen molar-refractivity contribution < 1.29 is 0 Å². The molecule has 1 aromatic rings. The Morgan fingerprint density at radius 1 is 0.656 bits per heavy atom. The van der Waals surface area contributed by atoms with Gasteiger partial charge in [-0.3, -0.25) is 0 Å². The molecule has 0 aromatic heterocycles. The lowest BCUT2D eigenvalue weighted by molar-refractivity contribution is 0.113. The Labute approximate surface area is 200 Å². The average Bonchev–Trinajstić information content (AvgIpc) is 2.83. The van der Waals surface area contributed by atoms with Crippen molar-refractivity contribution >= 4 is 0 Å². The molecule has 0 N–H and O–H groups in total. The molecule has 32 heavy (non-hydrogen) atoms. The van der Waals surface area contributed by atoms with Crippen LogP contribution < -0.4 is 0 Å². The van der Waals surface area contributed by atoms with Crippen molar-refractivity contribution in [3.8, 4) is 0 Å². The fourth-order valence-electron chi connectivity index (χ4n) is 7.62. The summed E-state index contributed by atoms with van der Waals surface area (Å²) in [5.41, 5.74) is 5.10. The largest absolute Gasteiger partial charge is 0.0654 e. The first-order valence-corrected chi connectivity index (χ1v) is 14.9. The Morgan fingerprint density at radius 3 is 2.25 bits per heavy atom. The van der Waals surface area contributed by atoms with Gasteiger partial charge in [0.05, 0.1) is 0 Å². The lowest BCUT2D eigenvalue weighted by Gasteiger charge is -2.42. The molecule has 1 aromatic carbocycles. The standard InChI is InChI=1S/C32H52/c1-3-5-7-8-10-12-26-14-16-30-24-32(20-18-28(30)22-26)31-19-17-27-21-25(11-9-6-4-2)13-15-29(27)23-31/h17,19,23,25-26,28,30,32H,3-16,18,20-22,24H2,1-2H3. The molecule has 2 saturated carbocycles. The Morgan fingerprint density at radius 2 is 1.38 bits per heavy atom. The molecule has 0 nitrogen and oxygen atoms in total.